The zero-order chi connectivity index (χ0) is 17.4. The third kappa shape index (κ3) is 5.20. The van der Waals surface area contributed by atoms with Crippen molar-refractivity contribution in [3.05, 3.63) is 66.2 Å². The second-order valence-corrected chi connectivity index (χ2v) is 6.26. The highest BCUT2D eigenvalue weighted by Crippen LogP contribution is 2.16. The molecule has 24 heavy (non-hydrogen) atoms. The molecule has 0 aliphatic heterocycles. The Bertz CT molecular complexity index is 612. The number of benzene rings is 2. The Labute approximate surface area is 145 Å². The fraction of sp³-hybridized carbons (Fsp3) is 0.381. The third-order valence-corrected chi connectivity index (χ3v) is 4.47. The summed E-state index contributed by atoms with van der Waals surface area (Å²) in [5, 5.41) is 0. The minimum atomic E-state index is 0.171. The maximum absolute atomic E-state index is 12.4. The van der Waals surface area contributed by atoms with Gasteiger partial charge in [0.05, 0.1) is 0 Å². The van der Waals surface area contributed by atoms with Gasteiger partial charge >= 0.3 is 0 Å². The average Bonchev–Trinajstić information content (AvgIpc) is 2.64. The predicted octanol–water partition coefficient (Wildman–Crippen LogP) is 3.99. The van der Waals surface area contributed by atoms with Gasteiger partial charge in [0.1, 0.15) is 0 Å². The Morgan fingerprint density at radius 1 is 1.00 bits per heavy atom. The fourth-order valence-corrected chi connectivity index (χ4v) is 2.72. The van der Waals surface area contributed by atoms with Crippen LogP contribution in [0.2, 0.25) is 0 Å². The molecule has 0 aliphatic rings. The molecule has 2 aromatic rings. The van der Waals surface area contributed by atoms with Gasteiger partial charge in [-0.2, -0.15) is 0 Å². The topological polar surface area (TPSA) is 23.6 Å². The Morgan fingerprint density at radius 2 is 1.58 bits per heavy atom. The van der Waals surface area contributed by atoms with Crippen LogP contribution in [0.15, 0.2) is 60.7 Å². The number of hydrogen-bond acceptors (Lipinski definition) is 2. The highest BCUT2D eigenvalue weighted by atomic mass is 16.2. The highest BCUT2D eigenvalue weighted by molar-refractivity contribution is 5.93. The number of likely N-dealkylation sites (N-methyl/N-ethyl adjacent to an activating group) is 1. The van der Waals surface area contributed by atoms with Crippen LogP contribution in [0.5, 0.6) is 0 Å². The van der Waals surface area contributed by atoms with Crippen molar-refractivity contribution < 1.29 is 4.79 Å². The fourth-order valence-electron chi connectivity index (χ4n) is 2.72. The number of carbonyl (C=O) groups is 1. The van der Waals surface area contributed by atoms with Crippen molar-refractivity contribution in [2.75, 3.05) is 25.0 Å². The second-order valence-electron chi connectivity index (χ2n) is 6.26. The summed E-state index contributed by atoms with van der Waals surface area (Å²) in [5.74, 6) is 0.171. The Balaban J connectivity index is 1.96. The summed E-state index contributed by atoms with van der Waals surface area (Å²) in [6.07, 6.45) is 1.55. The predicted molar refractivity (Wildman–Crippen MR) is 101 cm³/mol. The first-order valence-corrected chi connectivity index (χ1v) is 8.71. The zero-order valence-electron chi connectivity index (χ0n) is 15.0. The first-order valence-electron chi connectivity index (χ1n) is 8.71. The first-order chi connectivity index (χ1) is 11.6. The molecule has 0 bridgehead atoms. The van der Waals surface area contributed by atoms with E-state index in [2.05, 4.69) is 43.1 Å². The van der Waals surface area contributed by atoms with Crippen LogP contribution >= 0.6 is 0 Å². The van der Waals surface area contributed by atoms with E-state index in [-0.39, 0.29) is 5.91 Å². The molecular formula is C21H28N2O. The van der Waals surface area contributed by atoms with Crippen LogP contribution in [-0.4, -0.2) is 37.0 Å². The highest BCUT2D eigenvalue weighted by Gasteiger charge is 2.19. The lowest BCUT2D eigenvalue weighted by Crippen LogP contribution is -2.43. The van der Waals surface area contributed by atoms with Gasteiger partial charge in [0.25, 0.3) is 0 Å². The lowest BCUT2D eigenvalue weighted by Gasteiger charge is -2.31. The molecule has 128 valence electrons. The molecule has 3 nitrogen and oxygen atoms in total. The summed E-state index contributed by atoms with van der Waals surface area (Å²) >= 11 is 0. The van der Waals surface area contributed by atoms with E-state index in [0.717, 1.165) is 18.7 Å². The van der Waals surface area contributed by atoms with Gasteiger partial charge in [-0.05, 0) is 38.1 Å². The molecule has 0 N–H and O–H groups in total. The largest absolute Gasteiger partial charge is 0.311 e. The molecule has 0 aliphatic carbocycles. The number of nitrogens with zero attached hydrogens (tertiary/aromatic N) is 2. The van der Waals surface area contributed by atoms with Gasteiger partial charge in [0.15, 0.2) is 0 Å². The third-order valence-electron chi connectivity index (χ3n) is 4.47. The molecule has 0 radical (unpaired) electrons. The second kappa shape index (κ2) is 9.24. The maximum atomic E-state index is 12.4. The molecule has 0 saturated heterocycles. The minimum absolute atomic E-state index is 0.171. The molecule has 0 aromatic heterocycles. The van der Waals surface area contributed by atoms with Crippen molar-refractivity contribution in [3.63, 3.8) is 0 Å². The lowest BCUT2D eigenvalue weighted by molar-refractivity contribution is -0.118. The minimum Gasteiger partial charge on any atom is -0.311 e. The Hall–Kier alpha value is -2.13. The van der Waals surface area contributed by atoms with E-state index < -0.39 is 0 Å². The van der Waals surface area contributed by atoms with Crippen molar-refractivity contribution in [2.45, 2.75) is 32.7 Å². The van der Waals surface area contributed by atoms with Gasteiger partial charge in [-0.3, -0.25) is 4.79 Å². The van der Waals surface area contributed by atoms with Crippen molar-refractivity contribution in [1.82, 2.24) is 4.90 Å². The molecule has 2 rings (SSSR count). The number of hydrogen-bond donors (Lipinski definition) is 0. The van der Waals surface area contributed by atoms with E-state index in [4.69, 9.17) is 0 Å². The quantitative estimate of drug-likeness (QED) is 0.733. The van der Waals surface area contributed by atoms with Gasteiger partial charge in [0.2, 0.25) is 5.91 Å². The maximum Gasteiger partial charge on any atom is 0.226 e. The smallest absolute Gasteiger partial charge is 0.226 e. The summed E-state index contributed by atoms with van der Waals surface area (Å²) in [6.45, 7) is 5.79. The molecule has 1 unspecified atom stereocenters. The van der Waals surface area contributed by atoms with Gasteiger partial charge in [-0.25, -0.2) is 0 Å². The summed E-state index contributed by atoms with van der Waals surface area (Å²) in [6, 6.07) is 20.8. The van der Waals surface area contributed by atoms with E-state index in [0.29, 0.717) is 19.0 Å². The molecule has 3 heteroatoms. The van der Waals surface area contributed by atoms with E-state index in [9.17, 15) is 4.79 Å². The van der Waals surface area contributed by atoms with E-state index in [1.807, 2.05) is 48.2 Å². The van der Waals surface area contributed by atoms with Crippen LogP contribution in [0, 0.1) is 0 Å². The van der Waals surface area contributed by atoms with Crippen LogP contribution in [0.3, 0.4) is 0 Å². The number of para-hydroxylation sites is 1. The van der Waals surface area contributed by atoms with Crippen molar-refractivity contribution >= 4 is 11.6 Å². The van der Waals surface area contributed by atoms with Gasteiger partial charge in [-0.15, -0.1) is 0 Å². The normalized spacial score (nSPS) is 12.2. The number of amides is 1. The molecule has 1 atom stereocenters. The van der Waals surface area contributed by atoms with Gasteiger partial charge < -0.3 is 9.80 Å². The van der Waals surface area contributed by atoms with Crippen molar-refractivity contribution in [2.24, 2.45) is 0 Å². The van der Waals surface area contributed by atoms with Crippen molar-refractivity contribution in [1.29, 1.82) is 0 Å². The zero-order valence-corrected chi connectivity index (χ0v) is 15.0. The number of anilines is 1. The van der Waals surface area contributed by atoms with E-state index in [1.54, 1.807) is 0 Å². The van der Waals surface area contributed by atoms with Crippen LogP contribution in [0.1, 0.15) is 25.8 Å². The van der Waals surface area contributed by atoms with E-state index in [1.165, 1.54) is 5.56 Å². The molecule has 0 fully saturated rings. The average molecular weight is 324 g/mol. The summed E-state index contributed by atoms with van der Waals surface area (Å²) < 4.78 is 0. The summed E-state index contributed by atoms with van der Waals surface area (Å²) in [5.41, 5.74) is 2.33. The molecule has 0 spiro atoms. The molecule has 1 amide bonds. The van der Waals surface area contributed by atoms with Crippen LogP contribution < -0.4 is 4.90 Å². The molecule has 0 heterocycles. The summed E-state index contributed by atoms with van der Waals surface area (Å²) in [4.78, 5) is 16.6. The molecule has 2 aromatic carbocycles. The first kappa shape index (κ1) is 18.2. The van der Waals surface area contributed by atoms with Crippen LogP contribution in [0.4, 0.5) is 5.69 Å². The van der Waals surface area contributed by atoms with Crippen LogP contribution in [0.25, 0.3) is 0 Å². The number of carbonyl (C=O) groups excluding carboxylic acids is 1. The van der Waals surface area contributed by atoms with Crippen molar-refractivity contribution in [3.8, 4) is 0 Å². The molecule has 0 saturated carbocycles. The monoisotopic (exact) mass is 324 g/mol. The lowest BCUT2D eigenvalue weighted by atomic mass is 10.1. The van der Waals surface area contributed by atoms with Crippen LogP contribution in [-0.2, 0) is 11.2 Å². The van der Waals surface area contributed by atoms with E-state index >= 15 is 0 Å². The Morgan fingerprint density at radius 3 is 2.17 bits per heavy atom. The Kier molecular flexibility index (Phi) is 7.01. The SMILES string of the molecule is CCC(=O)N(CC(C)N(C)CCc1ccccc1)c1ccccc1. The van der Waals surface area contributed by atoms with Gasteiger partial charge in [0, 0.05) is 31.2 Å². The van der Waals surface area contributed by atoms with Gasteiger partial charge in [-0.1, -0.05) is 55.5 Å². The number of rotatable bonds is 8. The standard InChI is InChI=1S/C21H28N2O/c1-4-21(24)23(20-13-9-6-10-14-20)17-18(2)22(3)16-15-19-11-7-5-8-12-19/h5-14,18H,4,15-17H2,1-3H3. The molecular weight excluding hydrogens is 296 g/mol. The summed E-state index contributed by atoms with van der Waals surface area (Å²) in [7, 11) is 2.13.